The second-order valence-corrected chi connectivity index (χ2v) is 8.53. The van der Waals surface area contributed by atoms with Crippen molar-refractivity contribution < 1.29 is 14.4 Å². The summed E-state index contributed by atoms with van der Waals surface area (Å²) in [5, 5.41) is 5.60. The average Bonchev–Trinajstić information content (AvgIpc) is 3.30. The highest BCUT2D eigenvalue weighted by Crippen LogP contribution is 2.21. The Labute approximate surface area is 193 Å². The fraction of sp³-hybridized carbons (Fsp3) is 0.360. The molecule has 2 heterocycles. The van der Waals surface area contributed by atoms with Gasteiger partial charge in [-0.15, -0.1) is 0 Å². The van der Waals surface area contributed by atoms with Gasteiger partial charge in [-0.05, 0) is 38.0 Å². The first-order chi connectivity index (χ1) is 15.9. The molecule has 4 rings (SSSR count). The molecule has 1 saturated heterocycles. The minimum absolute atomic E-state index is 0.147. The third kappa shape index (κ3) is 5.05. The SMILES string of the molecule is CC(C)n1c(CCNC(=O)CCC2NC(=O)N(Cc3ccccc3)C2=O)nc2ccccc21. The van der Waals surface area contributed by atoms with Gasteiger partial charge >= 0.3 is 6.03 Å². The number of rotatable bonds is 9. The van der Waals surface area contributed by atoms with Crippen LogP contribution in [0, 0.1) is 0 Å². The first-order valence-corrected chi connectivity index (χ1v) is 11.3. The quantitative estimate of drug-likeness (QED) is 0.493. The Balaban J connectivity index is 1.26. The van der Waals surface area contributed by atoms with Crippen LogP contribution in [-0.4, -0.2) is 44.9 Å². The van der Waals surface area contributed by atoms with Crippen molar-refractivity contribution in [3.8, 4) is 0 Å². The zero-order valence-corrected chi connectivity index (χ0v) is 19.0. The molecule has 1 aliphatic heterocycles. The lowest BCUT2D eigenvalue weighted by atomic mass is 10.1. The summed E-state index contributed by atoms with van der Waals surface area (Å²) in [6, 6.07) is 16.5. The van der Waals surface area contributed by atoms with Gasteiger partial charge in [0.1, 0.15) is 11.9 Å². The summed E-state index contributed by atoms with van der Waals surface area (Å²) in [7, 11) is 0. The molecule has 172 valence electrons. The van der Waals surface area contributed by atoms with E-state index in [0.717, 1.165) is 22.4 Å². The van der Waals surface area contributed by atoms with E-state index in [2.05, 4.69) is 35.1 Å². The minimum Gasteiger partial charge on any atom is -0.356 e. The number of carbonyl (C=O) groups is 3. The molecule has 3 aromatic rings. The topological polar surface area (TPSA) is 96.3 Å². The van der Waals surface area contributed by atoms with Gasteiger partial charge < -0.3 is 15.2 Å². The number of para-hydroxylation sites is 2. The monoisotopic (exact) mass is 447 g/mol. The zero-order chi connectivity index (χ0) is 23.4. The summed E-state index contributed by atoms with van der Waals surface area (Å²) in [6.07, 6.45) is 1.05. The van der Waals surface area contributed by atoms with E-state index >= 15 is 0 Å². The molecule has 0 bridgehead atoms. The molecular weight excluding hydrogens is 418 g/mol. The molecular formula is C25H29N5O3. The molecule has 0 radical (unpaired) electrons. The highest BCUT2D eigenvalue weighted by atomic mass is 16.2. The molecule has 8 heteroatoms. The fourth-order valence-corrected chi connectivity index (χ4v) is 4.21. The number of fused-ring (bicyclic) bond motifs is 1. The molecule has 1 aromatic heterocycles. The van der Waals surface area contributed by atoms with Crippen LogP contribution in [0.1, 0.15) is 44.1 Å². The van der Waals surface area contributed by atoms with Gasteiger partial charge in [0.2, 0.25) is 5.91 Å². The lowest BCUT2D eigenvalue weighted by Crippen LogP contribution is -2.33. The Hall–Kier alpha value is -3.68. The van der Waals surface area contributed by atoms with E-state index in [4.69, 9.17) is 4.98 Å². The van der Waals surface area contributed by atoms with Gasteiger partial charge in [0.15, 0.2) is 0 Å². The molecule has 0 aliphatic carbocycles. The van der Waals surface area contributed by atoms with Crippen LogP contribution in [0.25, 0.3) is 11.0 Å². The number of imide groups is 1. The van der Waals surface area contributed by atoms with E-state index in [1.165, 1.54) is 4.90 Å². The Bertz CT molecular complexity index is 1160. The second kappa shape index (κ2) is 9.85. The first kappa shape index (κ1) is 22.5. The van der Waals surface area contributed by atoms with Crippen molar-refractivity contribution in [2.24, 2.45) is 0 Å². The number of nitrogens with zero attached hydrogens (tertiary/aromatic N) is 3. The molecule has 4 amide bonds. The van der Waals surface area contributed by atoms with Crippen LogP contribution in [0.3, 0.4) is 0 Å². The van der Waals surface area contributed by atoms with E-state index in [9.17, 15) is 14.4 Å². The van der Waals surface area contributed by atoms with E-state index in [1.54, 1.807) is 0 Å². The highest BCUT2D eigenvalue weighted by molar-refractivity contribution is 6.04. The van der Waals surface area contributed by atoms with Crippen LogP contribution >= 0.6 is 0 Å². The van der Waals surface area contributed by atoms with Crippen LogP contribution in [0.5, 0.6) is 0 Å². The number of hydrogen-bond acceptors (Lipinski definition) is 4. The standard InChI is InChI=1S/C25H29N5O3/c1-17(2)30-21-11-7-6-10-19(21)27-22(30)14-15-26-23(31)13-12-20-24(32)29(25(33)28-20)16-18-8-4-3-5-9-18/h3-11,17,20H,12-16H2,1-2H3,(H,26,31)(H,28,33). The normalized spacial score (nSPS) is 16.0. The lowest BCUT2D eigenvalue weighted by molar-refractivity contribution is -0.128. The van der Waals surface area contributed by atoms with Crippen molar-refractivity contribution in [2.45, 2.75) is 51.7 Å². The first-order valence-electron chi connectivity index (χ1n) is 11.3. The molecule has 1 atom stereocenters. The number of benzene rings is 2. The summed E-state index contributed by atoms with van der Waals surface area (Å²) in [4.78, 5) is 43.1. The maximum Gasteiger partial charge on any atom is 0.325 e. The highest BCUT2D eigenvalue weighted by Gasteiger charge is 2.37. The molecule has 1 fully saturated rings. The average molecular weight is 448 g/mol. The predicted molar refractivity (Wildman–Crippen MR) is 125 cm³/mol. The smallest absolute Gasteiger partial charge is 0.325 e. The Kier molecular flexibility index (Phi) is 6.72. The zero-order valence-electron chi connectivity index (χ0n) is 19.0. The van der Waals surface area contributed by atoms with E-state index in [1.807, 2.05) is 48.5 Å². The molecule has 0 saturated carbocycles. The molecule has 33 heavy (non-hydrogen) atoms. The number of amides is 4. The van der Waals surface area contributed by atoms with Crippen molar-refractivity contribution in [1.82, 2.24) is 25.1 Å². The Morgan fingerprint density at radius 3 is 2.58 bits per heavy atom. The second-order valence-electron chi connectivity index (χ2n) is 8.53. The van der Waals surface area contributed by atoms with Crippen molar-refractivity contribution in [3.63, 3.8) is 0 Å². The third-order valence-electron chi connectivity index (χ3n) is 5.81. The van der Waals surface area contributed by atoms with Gasteiger partial charge in [-0.2, -0.15) is 0 Å². The van der Waals surface area contributed by atoms with Gasteiger partial charge in [0.05, 0.1) is 17.6 Å². The number of nitrogens with one attached hydrogen (secondary N) is 2. The Morgan fingerprint density at radius 1 is 1.09 bits per heavy atom. The summed E-state index contributed by atoms with van der Waals surface area (Å²) >= 11 is 0. The molecule has 0 spiro atoms. The van der Waals surface area contributed by atoms with E-state index < -0.39 is 12.1 Å². The van der Waals surface area contributed by atoms with Crippen LogP contribution in [0.15, 0.2) is 54.6 Å². The molecule has 1 unspecified atom stereocenters. The van der Waals surface area contributed by atoms with Crippen LogP contribution in [0.2, 0.25) is 0 Å². The summed E-state index contributed by atoms with van der Waals surface area (Å²) in [5.74, 6) is 0.495. The van der Waals surface area contributed by atoms with Crippen LogP contribution < -0.4 is 10.6 Å². The third-order valence-corrected chi connectivity index (χ3v) is 5.81. The van der Waals surface area contributed by atoms with Crippen molar-refractivity contribution in [2.75, 3.05) is 6.54 Å². The summed E-state index contributed by atoms with van der Waals surface area (Å²) < 4.78 is 2.19. The van der Waals surface area contributed by atoms with Gasteiger partial charge in [0, 0.05) is 25.4 Å². The van der Waals surface area contributed by atoms with Crippen LogP contribution in [0.4, 0.5) is 4.79 Å². The molecule has 2 aromatic carbocycles. The van der Waals surface area contributed by atoms with Crippen molar-refractivity contribution >= 4 is 28.9 Å². The minimum atomic E-state index is -0.669. The molecule has 2 N–H and O–H groups in total. The van der Waals surface area contributed by atoms with E-state index in [0.29, 0.717) is 13.0 Å². The van der Waals surface area contributed by atoms with Gasteiger partial charge in [-0.25, -0.2) is 9.78 Å². The summed E-state index contributed by atoms with van der Waals surface area (Å²) in [5.41, 5.74) is 2.92. The number of aromatic nitrogens is 2. The maximum atomic E-state index is 12.6. The van der Waals surface area contributed by atoms with Crippen molar-refractivity contribution in [3.05, 3.63) is 66.0 Å². The van der Waals surface area contributed by atoms with E-state index in [-0.39, 0.29) is 37.2 Å². The Morgan fingerprint density at radius 2 is 1.82 bits per heavy atom. The lowest BCUT2D eigenvalue weighted by Gasteiger charge is -2.14. The van der Waals surface area contributed by atoms with Gasteiger partial charge in [-0.3, -0.25) is 14.5 Å². The van der Waals surface area contributed by atoms with Crippen molar-refractivity contribution in [1.29, 1.82) is 0 Å². The number of urea groups is 1. The predicted octanol–water partition coefficient (Wildman–Crippen LogP) is 3.18. The fourth-order valence-electron chi connectivity index (χ4n) is 4.21. The number of carbonyl (C=O) groups excluding carboxylic acids is 3. The molecule has 8 nitrogen and oxygen atoms in total. The van der Waals surface area contributed by atoms with Gasteiger partial charge in [0.25, 0.3) is 5.91 Å². The summed E-state index contributed by atoms with van der Waals surface area (Å²) in [6.45, 7) is 4.92. The number of imidazole rings is 1. The number of hydrogen-bond donors (Lipinski definition) is 2. The van der Waals surface area contributed by atoms with Gasteiger partial charge in [-0.1, -0.05) is 42.5 Å². The van der Waals surface area contributed by atoms with Crippen LogP contribution in [-0.2, 0) is 22.6 Å². The molecule has 1 aliphatic rings. The largest absolute Gasteiger partial charge is 0.356 e. The maximum absolute atomic E-state index is 12.6.